The highest BCUT2D eigenvalue weighted by Crippen LogP contribution is 2.26. The Morgan fingerprint density at radius 3 is 3.05 bits per heavy atom. The van der Waals surface area contributed by atoms with Crippen molar-refractivity contribution in [2.75, 3.05) is 0 Å². The number of urea groups is 1. The molecule has 0 aromatic carbocycles. The number of primary amides is 1. The molecular formula is C9H8N6O4. The van der Waals surface area contributed by atoms with Crippen LogP contribution in [0.5, 0.6) is 0 Å². The van der Waals surface area contributed by atoms with Gasteiger partial charge in [0.25, 0.3) is 0 Å². The summed E-state index contributed by atoms with van der Waals surface area (Å²) in [4.78, 5) is 20.3. The monoisotopic (exact) mass is 264 g/mol. The van der Waals surface area contributed by atoms with Crippen molar-refractivity contribution in [2.45, 2.75) is 0 Å². The molecule has 0 radical (unpaired) electrons. The standard InChI is InChI=1S/C9H8N6O4/c10-9(16)14-12-4-5-3-11-13-8(5)6-1-2-7(19-6)15(17)18/h1-4H,(H,11,13)(H3,10,14,16)/b12-4+. The van der Waals surface area contributed by atoms with Gasteiger partial charge in [0.05, 0.1) is 18.5 Å². The molecule has 0 aliphatic rings. The van der Waals surface area contributed by atoms with Crippen molar-refractivity contribution in [3.63, 3.8) is 0 Å². The van der Waals surface area contributed by atoms with E-state index in [0.29, 0.717) is 11.3 Å². The number of nitrogens with zero attached hydrogens (tertiary/aromatic N) is 3. The van der Waals surface area contributed by atoms with E-state index in [0.717, 1.165) is 0 Å². The van der Waals surface area contributed by atoms with Crippen molar-refractivity contribution in [1.82, 2.24) is 15.6 Å². The molecule has 10 nitrogen and oxygen atoms in total. The summed E-state index contributed by atoms with van der Waals surface area (Å²) < 4.78 is 5.01. The fourth-order valence-electron chi connectivity index (χ4n) is 1.32. The minimum Gasteiger partial charge on any atom is -0.399 e. The summed E-state index contributed by atoms with van der Waals surface area (Å²) in [6, 6.07) is 1.83. The minimum atomic E-state index is -0.810. The fourth-order valence-corrected chi connectivity index (χ4v) is 1.32. The largest absolute Gasteiger partial charge is 0.433 e. The number of carbonyl (C=O) groups excluding carboxylic acids is 1. The number of nitrogens with one attached hydrogen (secondary N) is 2. The Morgan fingerprint density at radius 1 is 1.63 bits per heavy atom. The third-order valence-electron chi connectivity index (χ3n) is 2.07. The summed E-state index contributed by atoms with van der Waals surface area (Å²) >= 11 is 0. The number of H-pyrrole nitrogens is 1. The van der Waals surface area contributed by atoms with Crippen LogP contribution in [0.4, 0.5) is 10.7 Å². The van der Waals surface area contributed by atoms with E-state index in [4.69, 9.17) is 10.2 Å². The molecule has 2 amide bonds. The van der Waals surface area contributed by atoms with Gasteiger partial charge in [0.1, 0.15) is 10.6 Å². The molecule has 0 saturated heterocycles. The Kier molecular flexibility index (Phi) is 3.23. The van der Waals surface area contributed by atoms with Crippen molar-refractivity contribution >= 4 is 18.1 Å². The minimum absolute atomic E-state index is 0.227. The molecule has 98 valence electrons. The number of aromatic amines is 1. The predicted molar refractivity (Wildman–Crippen MR) is 63.3 cm³/mol. The summed E-state index contributed by atoms with van der Waals surface area (Å²) in [6.07, 6.45) is 2.69. The van der Waals surface area contributed by atoms with Crippen LogP contribution in [-0.4, -0.2) is 27.4 Å². The molecule has 4 N–H and O–H groups in total. The summed E-state index contributed by atoms with van der Waals surface area (Å²) in [5.74, 6) is -0.160. The van der Waals surface area contributed by atoms with E-state index >= 15 is 0 Å². The Bertz CT molecular complexity index is 643. The lowest BCUT2D eigenvalue weighted by Crippen LogP contribution is -2.24. The highest BCUT2D eigenvalue weighted by atomic mass is 16.6. The molecule has 0 aliphatic heterocycles. The van der Waals surface area contributed by atoms with Gasteiger partial charge in [-0.3, -0.25) is 15.2 Å². The van der Waals surface area contributed by atoms with Gasteiger partial charge in [-0.15, -0.1) is 0 Å². The molecule has 0 aliphatic carbocycles. The number of rotatable bonds is 4. The summed E-state index contributed by atoms with van der Waals surface area (Å²) in [5.41, 5.74) is 7.71. The number of amides is 2. The Balaban J connectivity index is 2.25. The molecule has 0 bridgehead atoms. The van der Waals surface area contributed by atoms with Gasteiger partial charge in [-0.05, 0) is 6.07 Å². The van der Waals surface area contributed by atoms with E-state index in [9.17, 15) is 14.9 Å². The second-order valence-electron chi connectivity index (χ2n) is 3.33. The molecule has 0 fully saturated rings. The van der Waals surface area contributed by atoms with Crippen LogP contribution in [-0.2, 0) is 0 Å². The van der Waals surface area contributed by atoms with Gasteiger partial charge in [0.15, 0.2) is 5.76 Å². The Hall–Kier alpha value is -3.17. The van der Waals surface area contributed by atoms with E-state index in [1.807, 2.05) is 5.43 Å². The summed E-state index contributed by atoms with van der Waals surface area (Å²) in [7, 11) is 0. The smallest absolute Gasteiger partial charge is 0.399 e. The molecule has 0 unspecified atom stereocenters. The number of nitro groups is 1. The van der Waals surface area contributed by atoms with Gasteiger partial charge >= 0.3 is 11.9 Å². The van der Waals surface area contributed by atoms with Crippen molar-refractivity contribution in [3.8, 4) is 11.5 Å². The molecule has 19 heavy (non-hydrogen) atoms. The molecular weight excluding hydrogens is 256 g/mol. The van der Waals surface area contributed by atoms with E-state index < -0.39 is 11.0 Å². The molecule has 0 spiro atoms. The highest BCUT2D eigenvalue weighted by molar-refractivity contribution is 5.88. The normalized spacial score (nSPS) is 10.7. The van der Waals surface area contributed by atoms with E-state index in [-0.39, 0.29) is 11.6 Å². The molecule has 2 heterocycles. The van der Waals surface area contributed by atoms with Gasteiger partial charge in [-0.2, -0.15) is 10.2 Å². The highest BCUT2D eigenvalue weighted by Gasteiger charge is 2.16. The number of hydrogen-bond acceptors (Lipinski definition) is 6. The van der Waals surface area contributed by atoms with Crippen LogP contribution in [0, 0.1) is 10.1 Å². The van der Waals surface area contributed by atoms with Crippen LogP contribution in [0.1, 0.15) is 5.56 Å². The maximum atomic E-state index is 10.5. The van der Waals surface area contributed by atoms with Crippen molar-refractivity contribution in [1.29, 1.82) is 0 Å². The maximum absolute atomic E-state index is 10.5. The number of hydrogen-bond donors (Lipinski definition) is 3. The van der Waals surface area contributed by atoms with E-state index in [2.05, 4.69) is 15.3 Å². The van der Waals surface area contributed by atoms with Crippen molar-refractivity contribution in [3.05, 3.63) is 34.0 Å². The van der Waals surface area contributed by atoms with Crippen LogP contribution in [0.25, 0.3) is 11.5 Å². The third-order valence-corrected chi connectivity index (χ3v) is 2.07. The van der Waals surface area contributed by atoms with Gasteiger partial charge in [-0.1, -0.05) is 0 Å². The van der Waals surface area contributed by atoms with E-state index in [1.54, 1.807) is 0 Å². The first-order valence-corrected chi connectivity index (χ1v) is 4.94. The zero-order chi connectivity index (χ0) is 13.8. The summed E-state index contributed by atoms with van der Waals surface area (Å²) in [5, 5.41) is 20.4. The SMILES string of the molecule is NC(=O)N/N=C/c1cn[nH]c1-c1ccc([N+](=O)[O-])o1. The second-order valence-corrected chi connectivity index (χ2v) is 3.33. The topological polar surface area (TPSA) is 152 Å². The first kappa shape index (κ1) is 12.3. The van der Waals surface area contributed by atoms with Crippen LogP contribution in [0.2, 0.25) is 0 Å². The van der Waals surface area contributed by atoms with Crippen molar-refractivity contribution < 1.29 is 14.1 Å². The second kappa shape index (κ2) is 5.00. The first-order valence-electron chi connectivity index (χ1n) is 4.94. The molecule has 2 rings (SSSR count). The number of nitrogens with two attached hydrogens (primary N) is 1. The Labute approximate surface area is 105 Å². The van der Waals surface area contributed by atoms with Crippen LogP contribution >= 0.6 is 0 Å². The first-order chi connectivity index (χ1) is 9.08. The third kappa shape index (κ3) is 2.74. The van der Waals surface area contributed by atoms with Crippen molar-refractivity contribution in [2.24, 2.45) is 10.8 Å². The average molecular weight is 264 g/mol. The summed E-state index contributed by atoms with van der Waals surface area (Å²) in [6.45, 7) is 0. The maximum Gasteiger partial charge on any atom is 0.433 e. The number of carbonyl (C=O) groups is 1. The molecule has 2 aromatic heterocycles. The number of furan rings is 1. The Morgan fingerprint density at radius 2 is 2.42 bits per heavy atom. The average Bonchev–Trinajstić information content (AvgIpc) is 2.94. The molecule has 0 atom stereocenters. The molecule has 0 saturated carbocycles. The van der Waals surface area contributed by atoms with E-state index in [1.165, 1.54) is 24.5 Å². The number of hydrazone groups is 1. The predicted octanol–water partition coefficient (Wildman–Crippen LogP) is 0.580. The zero-order valence-corrected chi connectivity index (χ0v) is 9.36. The van der Waals surface area contributed by atoms with Crippen LogP contribution < -0.4 is 11.2 Å². The fraction of sp³-hybridized carbons (Fsp3) is 0. The van der Waals surface area contributed by atoms with Crippen LogP contribution in [0.15, 0.2) is 27.8 Å². The van der Waals surface area contributed by atoms with Gasteiger partial charge in [0.2, 0.25) is 0 Å². The lowest BCUT2D eigenvalue weighted by molar-refractivity contribution is -0.401. The van der Waals surface area contributed by atoms with Gasteiger partial charge in [-0.25, -0.2) is 10.2 Å². The number of aromatic nitrogens is 2. The van der Waals surface area contributed by atoms with Gasteiger partial charge < -0.3 is 10.2 Å². The lowest BCUT2D eigenvalue weighted by Gasteiger charge is -1.94. The quantitative estimate of drug-likeness (QED) is 0.418. The molecule has 10 heteroatoms. The van der Waals surface area contributed by atoms with Gasteiger partial charge in [0, 0.05) is 5.56 Å². The van der Waals surface area contributed by atoms with Crippen LogP contribution in [0.3, 0.4) is 0 Å². The molecule has 2 aromatic rings. The lowest BCUT2D eigenvalue weighted by atomic mass is 10.2. The zero-order valence-electron chi connectivity index (χ0n) is 9.36.